The van der Waals surface area contributed by atoms with Gasteiger partial charge in [-0.1, -0.05) is 11.8 Å². The molecule has 0 fully saturated rings. The maximum absolute atomic E-state index is 4.41. The van der Waals surface area contributed by atoms with Crippen LogP contribution in [0.5, 0.6) is 0 Å². The van der Waals surface area contributed by atoms with E-state index in [9.17, 15) is 0 Å². The Morgan fingerprint density at radius 2 is 2.00 bits per heavy atom. The molecule has 2 aromatic rings. The van der Waals surface area contributed by atoms with Gasteiger partial charge in [0.05, 0.1) is 0 Å². The second-order valence-electron chi connectivity index (χ2n) is 3.88. The van der Waals surface area contributed by atoms with Gasteiger partial charge in [0.1, 0.15) is 0 Å². The first-order valence-corrected chi connectivity index (χ1v) is 7.61. The summed E-state index contributed by atoms with van der Waals surface area (Å²) in [6, 6.07) is 1.99. The topological polar surface area (TPSA) is 50.7 Å². The number of aryl methyl sites for hydroxylation is 2. The Hall–Kier alpha value is -1.14. The lowest BCUT2D eigenvalue weighted by molar-refractivity contribution is 0.902. The number of aromatic nitrogens is 3. The fraction of sp³-hybridized carbons (Fsp3) is 0.417. The number of rotatable bonds is 5. The number of anilines is 1. The molecule has 0 aromatic carbocycles. The Balaban J connectivity index is 1.97. The molecule has 2 aromatic heterocycles. The van der Waals surface area contributed by atoms with Crippen molar-refractivity contribution in [3.8, 4) is 0 Å². The molecule has 0 saturated heterocycles. The fourth-order valence-electron chi connectivity index (χ4n) is 1.50. The van der Waals surface area contributed by atoms with Crippen LogP contribution in [0.4, 0.5) is 5.13 Å². The molecule has 0 spiro atoms. The van der Waals surface area contributed by atoms with Crippen LogP contribution in [0.15, 0.2) is 17.4 Å². The standard InChI is InChI=1S/C12H16N4S2/c1-4-13-11-14-6-10(18-11)7-17-12-15-8(2)5-9(3)16-12/h5-6H,4,7H2,1-3H3,(H,13,14). The lowest BCUT2D eigenvalue weighted by atomic mass is 10.4. The molecule has 0 unspecified atom stereocenters. The molecule has 0 atom stereocenters. The van der Waals surface area contributed by atoms with E-state index in [1.165, 1.54) is 4.88 Å². The molecule has 0 radical (unpaired) electrons. The number of thiazole rings is 1. The van der Waals surface area contributed by atoms with Gasteiger partial charge >= 0.3 is 0 Å². The Labute approximate surface area is 115 Å². The zero-order valence-electron chi connectivity index (χ0n) is 10.7. The summed E-state index contributed by atoms with van der Waals surface area (Å²) in [5, 5.41) is 5.03. The Morgan fingerprint density at radius 1 is 1.28 bits per heavy atom. The predicted molar refractivity (Wildman–Crippen MR) is 77.3 cm³/mol. The van der Waals surface area contributed by atoms with Gasteiger partial charge in [-0.25, -0.2) is 15.0 Å². The minimum Gasteiger partial charge on any atom is -0.362 e. The molecule has 18 heavy (non-hydrogen) atoms. The highest BCUT2D eigenvalue weighted by Crippen LogP contribution is 2.25. The van der Waals surface area contributed by atoms with Gasteiger partial charge in [0.2, 0.25) is 0 Å². The van der Waals surface area contributed by atoms with Crippen molar-refractivity contribution >= 4 is 28.2 Å². The second-order valence-corrected chi connectivity index (χ2v) is 5.94. The van der Waals surface area contributed by atoms with Crippen molar-refractivity contribution < 1.29 is 0 Å². The van der Waals surface area contributed by atoms with E-state index in [1.54, 1.807) is 23.1 Å². The first-order chi connectivity index (χ1) is 8.67. The molecule has 0 aliphatic carbocycles. The smallest absolute Gasteiger partial charge is 0.188 e. The van der Waals surface area contributed by atoms with Crippen LogP contribution in [0.1, 0.15) is 23.2 Å². The third kappa shape index (κ3) is 3.68. The van der Waals surface area contributed by atoms with Crippen LogP contribution in [-0.4, -0.2) is 21.5 Å². The summed E-state index contributed by atoms with van der Waals surface area (Å²) in [6.45, 7) is 6.96. The zero-order valence-corrected chi connectivity index (χ0v) is 12.4. The summed E-state index contributed by atoms with van der Waals surface area (Å²) in [4.78, 5) is 14.4. The van der Waals surface area contributed by atoms with E-state index in [0.717, 1.165) is 34.0 Å². The van der Waals surface area contributed by atoms with Crippen molar-refractivity contribution in [2.45, 2.75) is 31.7 Å². The van der Waals surface area contributed by atoms with Crippen molar-refractivity contribution in [1.82, 2.24) is 15.0 Å². The molecule has 0 amide bonds. The van der Waals surface area contributed by atoms with Gasteiger partial charge in [-0.05, 0) is 26.8 Å². The van der Waals surface area contributed by atoms with E-state index in [1.807, 2.05) is 26.1 Å². The van der Waals surface area contributed by atoms with Gasteiger partial charge in [-0.3, -0.25) is 0 Å². The van der Waals surface area contributed by atoms with Crippen LogP contribution in [0.2, 0.25) is 0 Å². The number of hydrogen-bond donors (Lipinski definition) is 1. The molecule has 0 saturated carbocycles. The van der Waals surface area contributed by atoms with E-state index < -0.39 is 0 Å². The Bertz CT molecular complexity index is 504. The predicted octanol–water partition coefficient (Wildman–Crippen LogP) is 3.27. The number of hydrogen-bond acceptors (Lipinski definition) is 6. The summed E-state index contributed by atoms with van der Waals surface area (Å²) in [7, 11) is 0. The molecular weight excluding hydrogens is 264 g/mol. The molecule has 2 heterocycles. The minimum atomic E-state index is 0.839. The fourth-order valence-corrected chi connectivity index (χ4v) is 3.35. The van der Waals surface area contributed by atoms with E-state index in [-0.39, 0.29) is 0 Å². The molecule has 0 aliphatic heterocycles. The molecule has 4 nitrogen and oxygen atoms in total. The van der Waals surface area contributed by atoms with E-state index in [0.29, 0.717) is 0 Å². The van der Waals surface area contributed by atoms with Crippen LogP contribution in [0, 0.1) is 13.8 Å². The van der Waals surface area contributed by atoms with Crippen LogP contribution in [0.3, 0.4) is 0 Å². The van der Waals surface area contributed by atoms with Crippen LogP contribution < -0.4 is 5.32 Å². The quantitative estimate of drug-likeness (QED) is 0.673. The SMILES string of the molecule is CCNc1ncc(CSc2nc(C)cc(C)n2)s1. The lowest BCUT2D eigenvalue weighted by Crippen LogP contribution is -1.94. The largest absolute Gasteiger partial charge is 0.362 e. The van der Waals surface area contributed by atoms with Gasteiger partial charge in [0.25, 0.3) is 0 Å². The van der Waals surface area contributed by atoms with E-state index in [2.05, 4.69) is 27.2 Å². The highest BCUT2D eigenvalue weighted by molar-refractivity contribution is 7.98. The first kappa shape index (κ1) is 13.3. The van der Waals surface area contributed by atoms with Gasteiger partial charge in [-0.15, -0.1) is 11.3 Å². The van der Waals surface area contributed by atoms with Gasteiger partial charge in [0, 0.05) is 34.8 Å². The monoisotopic (exact) mass is 280 g/mol. The first-order valence-electron chi connectivity index (χ1n) is 5.81. The maximum Gasteiger partial charge on any atom is 0.188 e. The maximum atomic E-state index is 4.41. The summed E-state index contributed by atoms with van der Waals surface area (Å²) < 4.78 is 0. The molecular formula is C12H16N4S2. The average Bonchev–Trinajstić information content (AvgIpc) is 2.74. The summed E-state index contributed by atoms with van der Waals surface area (Å²) in [6.07, 6.45) is 1.91. The molecule has 96 valence electrons. The molecule has 1 N–H and O–H groups in total. The van der Waals surface area contributed by atoms with Crippen molar-refractivity contribution in [2.24, 2.45) is 0 Å². The zero-order chi connectivity index (χ0) is 13.0. The summed E-state index contributed by atoms with van der Waals surface area (Å²) in [5.74, 6) is 0.867. The molecule has 2 rings (SSSR count). The van der Waals surface area contributed by atoms with E-state index in [4.69, 9.17) is 0 Å². The number of thioether (sulfide) groups is 1. The Kier molecular flexibility index (Phi) is 4.54. The average molecular weight is 280 g/mol. The second kappa shape index (κ2) is 6.15. The molecule has 0 aliphatic rings. The third-order valence-corrected chi connectivity index (χ3v) is 4.22. The third-order valence-electron chi connectivity index (χ3n) is 2.19. The highest BCUT2D eigenvalue weighted by Gasteiger charge is 2.04. The van der Waals surface area contributed by atoms with Crippen LogP contribution >= 0.6 is 23.1 Å². The Morgan fingerprint density at radius 3 is 2.67 bits per heavy atom. The van der Waals surface area contributed by atoms with Crippen molar-refractivity contribution in [2.75, 3.05) is 11.9 Å². The van der Waals surface area contributed by atoms with Crippen LogP contribution in [0.25, 0.3) is 0 Å². The van der Waals surface area contributed by atoms with Crippen molar-refractivity contribution in [3.05, 3.63) is 28.5 Å². The van der Waals surface area contributed by atoms with Crippen molar-refractivity contribution in [3.63, 3.8) is 0 Å². The van der Waals surface area contributed by atoms with Gasteiger partial charge in [0.15, 0.2) is 10.3 Å². The van der Waals surface area contributed by atoms with E-state index >= 15 is 0 Å². The van der Waals surface area contributed by atoms with Gasteiger partial charge in [-0.2, -0.15) is 0 Å². The minimum absolute atomic E-state index is 0.839. The van der Waals surface area contributed by atoms with Crippen molar-refractivity contribution in [1.29, 1.82) is 0 Å². The molecule has 6 heteroatoms. The normalized spacial score (nSPS) is 10.6. The lowest BCUT2D eigenvalue weighted by Gasteiger charge is -2.01. The summed E-state index contributed by atoms with van der Waals surface area (Å²) >= 11 is 3.34. The summed E-state index contributed by atoms with van der Waals surface area (Å²) in [5.41, 5.74) is 2.03. The molecule has 0 bridgehead atoms. The van der Waals surface area contributed by atoms with Gasteiger partial charge < -0.3 is 5.32 Å². The number of nitrogens with one attached hydrogen (secondary N) is 1. The number of nitrogens with zero attached hydrogens (tertiary/aromatic N) is 3. The van der Waals surface area contributed by atoms with Crippen LogP contribution in [-0.2, 0) is 5.75 Å². The highest BCUT2D eigenvalue weighted by atomic mass is 32.2.